The van der Waals surface area contributed by atoms with Gasteiger partial charge in [-0.1, -0.05) is 19.8 Å². The van der Waals surface area contributed by atoms with E-state index in [1.165, 1.54) is 64.2 Å². The van der Waals surface area contributed by atoms with Crippen molar-refractivity contribution in [1.82, 2.24) is 10.2 Å². The number of carbonyl (C=O) groups is 2. The molecule has 4 saturated carbocycles. The molecule has 4 aliphatic carbocycles. The quantitative estimate of drug-likeness (QED) is 0.737. The summed E-state index contributed by atoms with van der Waals surface area (Å²) < 4.78 is 0. The van der Waals surface area contributed by atoms with E-state index in [1.807, 2.05) is 0 Å². The van der Waals surface area contributed by atoms with Crippen LogP contribution in [0, 0.1) is 35.5 Å². The summed E-state index contributed by atoms with van der Waals surface area (Å²) in [6.45, 7) is 3.34. The lowest BCUT2D eigenvalue weighted by Gasteiger charge is -2.50. The number of nitrogens with one attached hydrogen (secondary N) is 1. The molecule has 2 amide bonds. The Morgan fingerprint density at radius 1 is 0.897 bits per heavy atom. The van der Waals surface area contributed by atoms with Gasteiger partial charge >= 0.3 is 0 Å². The number of rotatable bonds is 5. The molecular formula is C25H40N2O2. The summed E-state index contributed by atoms with van der Waals surface area (Å²) in [6.07, 6.45) is 14.8. The van der Waals surface area contributed by atoms with Crippen molar-refractivity contribution >= 4 is 11.8 Å². The Hall–Kier alpha value is -1.06. The monoisotopic (exact) mass is 400 g/mol. The van der Waals surface area contributed by atoms with E-state index >= 15 is 0 Å². The predicted molar refractivity (Wildman–Crippen MR) is 114 cm³/mol. The smallest absolute Gasteiger partial charge is 0.222 e. The number of carbonyl (C=O) groups excluding carboxylic acids is 2. The molecule has 4 nitrogen and oxygen atoms in total. The molecule has 162 valence electrons. The van der Waals surface area contributed by atoms with Gasteiger partial charge in [0.15, 0.2) is 0 Å². The van der Waals surface area contributed by atoms with Crippen LogP contribution in [0.15, 0.2) is 0 Å². The second kappa shape index (κ2) is 8.23. The summed E-state index contributed by atoms with van der Waals surface area (Å²) in [7, 11) is 0. The molecule has 0 spiro atoms. The number of likely N-dealkylation sites (tertiary alicyclic amines) is 1. The Labute approximate surface area is 176 Å². The maximum Gasteiger partial charge on any atom is 0.222 e. The Morgan fingerprint density at radius 2 is 1.66 bits per heavy atom. The van der Waals surface area contributed by atoms with Crippen molar-refractivity contribution in [2.75, 3.05) is 6.54 Å². The molecule has 0 aromatic rings. The average Bonchev–Trinajstić information content (AvgIpc) is 3.00. The van der Waals surface area contributed by atoms with Gasteiger partial charge in [-0.3, -0.25) is 9.59 Å². The van der Waals surface area contributed by atoms with Crippen LogP contribution in [0.4, 0.5) is 0 Å². The lowest BCUT2D eigenvalue weighted by atomic mass is 9.59. The molecule has 5 rings (SSSR count). The van der Waals surface area contributed by atoms with Gasteiger partial charge in [0.25, 0.3) is 0 Å². The molecule has 0 aromatic heterocycles. The summed E-state index contributed by atoms with van der Waals surface area (Å²) in [5.41, 5.74) is 0. The molecule has 0 radical (unpaired) electrons. The van der Waals surface area contributed by atoms with E-state index < -0.39 is 0 Å². The van der Waals surface area contributed by atoms with E-state index in [2.05, 4.69) is 17.1 Å². The van der Waals surface area contributed by atoms with Crippen LogP contribution < -0.4 is 5.32 Å². The molecule has 1 heterocycles. The highest BCUT2D eigenvalue weighted by atomic mass is 16.2. The fraction of sp³-hybridized carbons (Fsp3) is 0.920. The molecule has 29 heavy (non-hydrogen) atoms. The predicted octanol–water partition coefficient (Wildman–Crippen LogP) is 4.52. The Balaban J connectivity index is 1.07. The molecule has 4 heteroatoms. The summed E-state index contributed by atoms with van der Waals surface area (Å²) in [4.78, 5) is 27.7. The van der Waals surface area contributed by atoms with Gasteiger partial charge in [-0.2, -0.15) is 0 Å². The fourth-order valence-corrected chi connectivity index (χ4v) is 8.15. The highest BCUT2D eigenvalue weighted by Crippen LogP contribution is 2.59. The zero-order valence-electron chi connectivity index (χ0n) is 18.3. The normalized spacial score (nSPS) is 43.1. The number of hydrogen-bond donors (Lipinski definition) is 1. The van der Waals surface area contributed by atoms with Crippen molar-refractivity contribution in [1.29, 1.82) is 0 Å². The minimum Gasteiger partial charge on any atom is -0.353 e. The lowest BCUT2D eigenvalue weighted by molar-refractivity contribution is -0.137. The third-order valence-corrected chi connectivity index (χ3v) is 9.33. The topological polar surface area (TPSA) is 49.4 Å². The summed E-state index contributed by atoms with van der Waals surface area (Å²) in [5, 5.41) is 3.40. The standard InChI is InChI=1S/C25H40N2O2/c1-16-12-17-14-19-20(13-16)25(21(19)15-17)26-23(28)9-4-10-24(29)27-11-5-7-18-6-2-3-8-22(18)27/h16-22,25H,2-15H2,1H3,(H,26,28). The fourth-order valence-electron chi connectivity index (χ4n) is 8.15. The minimum atomic E-state index is 0.192. The number of nitrogens with zero attached hydrogens (tertiary/aromatic N) is 1. The first-order valence-corrected chi connectivity index (χ1v) is 12.7. The van der Waals surface area contributed by atoms with Gasteiger partial charge in [0.2, 0.25) is 11.8 Å². The highest BCUT2D eigenvalue weighted by molar-refractivity contribution is 5.79. The van der Waals surface area contributed by atoms with Crippen LogP contribution in [0.2, 0.25) is 0 Å². The molecule has 1 saturated heterocycles. The summed E-state index contributed by atoms with van der Waals surface area (Å²) in [5.74, 6) is 5.34. The van der Waals surface area contributed by atoms with Gasteiger partial charge in [-0.05, 0) is 93.3 Å². The Kier molecular flexibility index (Phi) is 5.64. The van der Waals surface area contributed by atoms with Crippen molar-refractivity contribution in [3.63, 3.8) is 0 Å². The zero-order valence-corrected chi connectivity index (χ0v) is 18.3. The number of piperidine rings is 1. The number of hydrogen-bond acceptors (Lipinski definition) is 2. The van der Waals surface area contributed by atoms with Crippen molar-refractivity contribution < 1.29 is 9.59 Å². The van der Waals surface area contributed by atoms with Gasteiger partial charge in [0.05, 0.1) is 0 Å². The van der Waals surface area contributed by atoms with E-state index in [0.29, 0.717) is 37.3 Å². The van der Waals surface area contributed by atoms with Crippen LogP contribution in [0.25, 0.3) is 0 Å². The van der Waals surface area contributed by atoms with Gasteiger partial charge < -0.3 is 10.2 Å². The maximum absolute atomic E-state index is 12.8. The average molecular weight is 401 g/mol. The van der Waals surface area contributed by atoms with Gasteiger partial charge in [0.1, 0.15) is 0 Å². The SMILES string of the molecule is CC1CC2CC3C(C1)C(NC(=O)CCCC(=O)N1CCCC4CCCCC41)C3C2. The number of amides is 2. The van der Waals surface area contributed by atoms with E-state index in [-0.39, 0.29) is 5.91 Å². The van der Waals surface area contributed by atoms with E-state index in [0.717, 1.165) is 42.1 Å². The van der Waals surface area contributed by atoms with Crippen molar-refractivity contribution in [3.8, 4) is 0 Å². The van der Waals surface area contributed by atoms with Crippen LogP contribution in [0.5, 0.6) is 0 Å². The number of fused-ring (bicyclic) bond motifs is 2. The van der Waals surface area contributed by atoms with Crippen LogP contribution in [-0.2, 0) is 9.59 Å². The summed E-state index contributed by atoms with van der Waals surface area (Å²) in [6, 6.07) is 0.926. The molecule has 8 atom stereocenters. The van der Waals surface area contributed by atoms with E-state index in [9.17, 15) is 9.59 Å². The first-order chi connectivity index (χ1) is 14.1. The molecule has 1 N–H and O–H groups in total. The molecule has 2 bridgehead atoms. The second-order valence-corrected chi connectivity index (χ2v) is 11.2. The highest BCUT2D eigenvalue weighted by Gasteiger charge is 2.57. The molecule has 1 aliphatic heterocycles. The van der Waals surface area contributed by atoms with Crippen molar-refractivity contribution in [3.05, 3.63) is 0 Å². The minimum absolute atomic E-state index is 0.192. The van der Waals surface area contributed by atoms with Crippen LogP contribution in [0.3, 0.4) is 0 Å². The second-order valence-electron chi connectivity index (χ2n) is 11.2. The third-order valence-electron chi connectivity index (χ3n) is 9.33. The largest absolute Gasteiger partial charge is 0.353 e. The first-order valence-electron chi connectivity index (χ1n) is 12.7. The maximum atomic E-state index is 12.8. The van der Waals surface area contributed by atoms with Crippen molar-refractivity contribution in [2.24, 2.45) is 35.5 Å². The van der Waals surface area contributed by atoms with Crippen molar-refractivity contribution in [2.45, 2.75) is 102 Å². The molecule has 0 aromatic carbocycles. The van der Waals surface area contributed by atoms with Gasteiger partial charge in [-0.15, -0.1) is 0 Å². The zero-order chi connectivity index (χ0) is 20.0. The first kappa shape index (κ1) is 19.9. The lowest BCUT2D eigenvalue weighted by Crippen LogP contribution is -2.58. The van der Waals surface area contributed by atoms with Crippen LogP contribution in [0.1, 0.15) is 90.4 Å². The summed E-state index contributed by atoms with van der Waals surface area (Å²) >= 11 is 0. The Morgan fingerprint density at radius 3 is 2.55 bits per heavy atom. The Bertz CT molecular complexity index is 632. The van der Waals surface area contributed by atoms with E-state index in [4.69, 9.17) is 0 Å². The molecule has 8 unspecified atom stereocenters. The molecule has 5 aliphatic rings. The van der Waals surface area contributed by atoms with Gasteiger partial charge in [0, 0.05) is 31.5 Å². The van der Waals surface area contributed by atoms with Gasteiger partial charge in [-0.25, -0.2) is 0 Å². The van der Waals surface area contributed by atoms with E-state index in [1.54, 1.807) is 0 Å². The molecule has 5 fully saturated rings. The van der Waals surface area contributed by atoms with Crippen LogP contribution in [-0.4, -0.2) is 35.3 Å². The third kappa shape index (κ3) is 3.85. The molecular weight excluding hydrogens is 360 g/mol. The van der Waals surface area contributed by atoms with Crippen LogP contribution >= 0.6 is 0 Å².